The predicted molar refractivity (Wildman–Crippen MR) is 59.5 cm³/mol. The van der Waals surface area contributed by atoms with Gasteiger partial charge in [-0.1, -0.05) is 30.3 Å². The number of carboxylic acid groups (broad SMARTS) is 2. The van der Waals surface area contributed by atoms with E-state index in [1.54, 1.807) is 0 Å². The molecule has 0 aromatic heterocycles. The normalized spacial score (nSPS) is 10.4. The summed E-state index contributed by atoms with van der Waals surface area (Å²) in [6.45, 7) is 0.214. The van der Waals surface area contributed by atoms with Crippen molar-refractivity contribution in [3.8, 4) is 0 Å². The smallest absolute Gasteiger partial charge is 0.305 e. The lowest BCUT2D eigenvalue weighted by Crippen LogP contribution is -2.21. The molecular formula is C12H14O5. The van der Waals surface area contributed by atoms with Crippen LogP contribution in [-0.4, -0.2) is 28.3 Å². The molecule has 92 valence electrons. The lowest BCUT2D eigenvalue weighted by Gasteiger charge is -2.13. The monoisotopic (exact) mass is 238 g/mol. The van der Waals surface area contributed by atoms with Crippen molar-refractivity contribution in [1.29, 1.82) is 0 Å². The van der Waals surface area contributed by atoms with Crippen LogP contribution in [0.15, 0.2) is 30.3 Å². The minimum absolute atomic E-state index is 0.214. The lowest BCUT2D eigenvalue weighted by atomic mass is 10.2. The van der Waals surface area contributed by atoms with Crippen LogP contribution in [0.3, 0.4) is 0 Å². The topological polar surface area (TPSA) is 83.8 Å². The molecule has 0 amide bonds. The minimum atomic E-state index is -1.07. The summed E-state index contributed by atoms with van der Waals surface area (Å²) in [5, 5.41) is 17.2. The molecule has 0 bridgehead atoms. The van der Waals surface area contributed by atoms with Crippen LogP contribution < -0.4 is 0 Å². The zero-order chi connectivity index (χ0) is 12.7. The summed E-state index contributed by atoms with van der Waals surface area (Å²) in [6.07, 6.45) is -1.41. The lowest BCUT2D eigenvalue weighted by molar-refractivity contribution is -0.144. The summed E-state index contributed by atoms with van der Waals surface area (Å²) >= 11 is 0. The molecule has 0 heterocycles. The van der Waals surface area contributed by atoms with Gasteiger partial charge in [-0.25, -0.2) is 0 Å². The summed E-state index contributed by atoms with van der Waals surface area (Å²) in [5.74, 6) is -2.13. The van der Waals surface area contributed by atoms with E-state index in [4.69, 9.17) is 14.9 Å². The first-order valence-corrected chi connectivity index (χ1v) is 5.17. The Morgan fingerprint density at radius 1 is 1.06 bits per heavy atom. The van der Waals surface area contributed by atoms with E-state index in [1.165, 1.54) is 0 Å². The van der Waals surface area contributed by atoms with Gasteiger partial charge in [0.1, 0.15) is 0 Å². The molecule has 0 aliphatic rings. The summed E-state index contributed by atoms with van der Waals surface area (Å²) in [7, 11) is 0. The van der Waals surface area contributed by atoms with Gasteiger partial charge in [0.05, 0.1) is 25.6 Å². The molecule has 1 aromatic rings. The molecule has 0 aliphatic heterocycles. The Morgan fingerprint density at radius 2 is 1.59 bits per heavy atom. The number of ether oxygens (including phenoxy) is 1. The van der Waals surface area contributed by atoms with Gasteiger partial charge >= 0.3 is 11.9 Å². The third-order valence-electron chi connectivity index (χ3n) is 2.13. The molecule has 0 aliphatic carbocycles. The highest BCUT2D eigenvalue weighted by Crippen LogP contribution is 2.09. The third kappa shape index (κ3) is 5.67. The Labute approximate surface area is 98.6 Å². The van der Waals surface area contributed by atoms with Crippen LogP contribution in [0, 0.1) is 0 Å². The second-order valence-corrected chi connectivity index (χ2v) is 3.61. The largest absolute Gasteiger partial charge is 0.481 e. The van der Waals surface area contributed by atoms with Gasteiger partial charge in [0.25, 0.3) is 0 Å². The number of carboxylic acids is 2. The second-order valence-electron chi connectivity index (χ2n) is 3.61. The highest BCUT2D eigenvalue weighted by atomic mass is 16.5. The van der Waals surface area contributed by atoms with Crippen LogP contribution in [0.5, 0.6) is 0 Å². The maximum Gasteiger partial charge on any atom is 0.305 e. The number of hydrogen-bond donors (Lipinski definition) is 2. The fourth-order valence-electron chi connectivity index (χ4n) is 1.37. The molecule has 17 heavy (non-hydrogen) atoms. The predicted octanol–water partition coefficient (Wildman–Crippen LogP) is 1.52. The van der Waals surface area contributed by atoms with E-state index in [1.807, 2.05) is 30.3 Å². The Morgan fingerprint density at radius 3 is 2.06 bits per heavy atom. The molecule has 1 rings (SSSR count). The summed E-state index contributed by atoms with van der Waals surface area (Å²) in [4.78, 5) is 21.1. The average molecular weight is 238 g/mol. The van der Waals surface area contributed by atoms with Crippen LogP contribution in [0.2, 0.25) is 0 Å². The van der Waals surface area contributed by atoms with E-state index in [9.17, 15) is 9.59 Å². The van der Waals surface area contributed by atoms with E-state index >= 15 is 0 Å². The second kappa shape index (κ2) is 6.65. The molecule has 5 heteroatoms. The first-order valence-electron chi connectivity index (χ1n) is 5.17. The molecule has 0 unspecified atom stereocenters. The molecule has 2 N–H and O–H groups in total. The fourth-order valence-corrected chi connectivity index (χ4v) is 1.37. The van der Waals surface area contributed by atoms with Crippen LogP contribution in [0.1, 0.15) is 18.4 Å². The van der Waals surface area contributed by atoms with Gasteiger partial charge < -0.3 is 14.9 Å². The van der Waals surface area contributed by atoms with Crippen molar-refractivity contribution in [3.05, 3.63) is 35.9 Å². The van der Waals surface area contributed by atoms with Crippen LogP contribution >= 0.6 is 0 Å². The van der Waals surface area contributed by atoms with Crippen molar-refractivity contribution in [2.45, 2.75) is 25.6 Å². The molecule has 1 aromatic carbocycles. The molecule has 0 fully saturated rings. The van der Waals surface area contributed by atoms with Crippen LogP contribution in [-0.2, 0) is 20.9 Å². The zero-order valence-electron chi connectivity index (χ0n) is 9.20. The average Bonchev–Trinajstić information content (AvgIpc) is 2.26. The summed E-state index contributed by atoms with van der Waals surface area (Å²) in [5.41, 5.74) is 0.883. The molecule has 0 atom stereocenters. The van der Waals surface area contributed by atoms with Crippen molar-refractivity contribution in [3.63, 3.8) is 0 Å². The van der Waals surface area contributed by atoms with Crippen molar-refractivity contribution < 1.29 is 24.5 Å². The molecule has 0 saturated carbocycles. The van der Waals surface area contributed by atoms with Crippen molar-refractivity contribution >= 4 is 11.9 Å². The molecule has 0 saturated heterocycles. The van der Waals surface area contributed by atoms with Gasteiger partial charge in [0.15, 0.2) is 0 Å². The van der Waals surface area contributed by atoms with Gasteiger partial charge in [-0.2, -0.15) is 0 Å². The molecular weight excluding hydrogens is 224 g/mol. The Bertz CT molecular complexity index is 358. The van der Waals surface area contributed by atoms with E-state index in [2.05, 4.69) is 0 Å². The van der Waals surface area contributed by atoms with Gasteiger partial charge in [0.2, 0.25) is 0 Å². The number of rotatable bonds is 7. The Kier molecular flexibility index (Phi) is 5.16. The maximum absolute atomic E-state index is 10.5. The summed E-state index contributed by atoms with van der Waals surface area (Å²) < 4.78 is 5.29. The van der Waals surface area contributed by atoms with Crippen molar-refractivity contribution in [2.75, 3.05) is 0 Å². The Balaban J connectivity index is 2.48. The van der Waals surface area contributed by atoms with Crippen molar-refractivity contribution in [2.24, 2.45) is 0 Å². The number of carbonyl (C=O) groups is 2. The highest BCUT2D eigenvalue weighted by Gasteiger charge is 2.17. The highest BCUT2D eigenvalue weighted by molar-refractivity contribution is 5.71. The standard InChI is InChI=1S/C12H14O5/c13-11(14)6-10(7-12(15)16)17-8-9-4-2-1-3-5-9/h1-5,10H,6-8H2,(H,13,14)(H,15,16). The van der Waals surface area contributed by atoms with E-state index in [-0.39, 0.29) is 19.4 Å². The Hall–Kier alpha value is -1.88. The quantitative estimate of drug-likeness (QED) is 0.752. The first kappa shape index (κ1) is 13.2. The first-order chi connectivity index (χ1) is 8.08. The maximum atomic E-state index is 10.5. The fraction of sp³-hybridized carbons (Fsp3) is 0.333. The molecule has 5 nitrogen and oxygen atoms in total. The van der Waals surface area contributed by atoms with E-state index < -0.39 is 18.0 Å². The van der Waals surface area contributed by atoms with Gasteiger partial charge in [-0.05, 0) is 5.56 Å². The summed E-state index contributed by atoms with van der Waals surface area (Å²) in [6, 6.07) is 9.19. The van der Waals surface area contributed by atoms with E-state index in [0.717, 1.165) is 5.56 Å². The zero-order valence-corrected chi connectivity index (χ0v) is 9.20. The van der Waals surface area contributed by atoms with Gasteiger partial charge in [0, 0.05) is 0 Å². The number of aliphatic carboxylic acids is 2. The van der Waals surface area contributed by atoms with Crippen LogP contribution in [0.25, 0.3) is 0 Å². The van der Waals surface area contributed by atoms with E-state index in [0.29, 0.717) is 0 Å². The number of hydrogen-bond acceptors (Lipinski definition) is 3. The molecule has 0 radical (unpaired) electrons. The SMILES string of the molecule is O=C(O)CC(CC(=O)O)OCc1ccccc1. The number of benzene rings is 1. The third-order valence-corrected chi connectivity index (χ3v) is 2.13. The minimum Gasteiger partial charge on any atom is -0.481 e. The van der Waals surface area contributed by atoms with Gasteiger partial charge in [-0.15, -0.1) is 0 Å². The van der Waals surface area contributed by atoms with Crippen LogP contribution in [0.4, 0.5) is 0 Å². The molecule has 0 spiro atoms. The van der Waals surface area contributed by atoms with Crippen molar-refractivity contribution in [1.82, 2.24) is 0 Å². The van der Waals surface area contributed by atoms with Gasteiger partial charge in [-0.3, -0.25) is 9.59 Å².